The molecule has 0 saturated heterocycles. The molecule has 1 amide bonds. The van der Waals surface area contributed by atoms with E-state index in [1.54, 1.807) is 24.3 Å². The largest absolute Gasteiger partial charge is 0.494 e. The van der Waals surface area contributed by atoms with Crippen LogP contribution in [0.15, 0.2) is 33.9 Å². The van der Waals surface area contributed by atoms with Crippen molar-refractivity contribution in [3.8, 4) is 17.2 Å². The molecule has 0 fully saturated rings. The molecule has 2 aromatic heterocycles. The number of aromatic nitrogens is 2. The van der Waals surface area contributed by atoms with Gasteiger partial charge in [-0.25, -0.2) is 13.2 Å². The minimum absolute atomic E-state index is 0.00186. The van der Waals surface area contributed by atoms with E-state index in [1.165, 1.54) is 18.4 Å². The number of esters is 1. The zero-order valence-electron chi connectivity index (χ0n) is 19.3. The van der Waals surface area contributed by atoms with Crippen LogP contribution in [0.4, 0.5) is 5.00 Å². The summed E-state index contributed by atoms with van der Waals surface area (Å²) in [5.74, 6) is -1.63. The second-order valence-corrected chi connectivity index (χ2v) is 10.9. The smallest absolute Gasteiger partial charge is 0.341 e. The Morgan fingerprint density at radius 2 is 1.86 bits per heavy atom. The van der Waals surface area contributed by atoms with Crippen molar-refractivity contribution in [1.29, 1.82) is 0 Å². The highest BCUT2D eigenvalue weighted by atomic mass is 32.2. The van der Waals surface area contributed by atoms with Crippen LogP contribution in [0.3, 0.4) is 0 Å². The molecule has 1 aliphatic carbocycles. The summed E-state index contributed by atoms with van der Waals surface area (Å²) in [7, 11) is -2.94. The van der Waals surface area contributed by atoms with Crippen molar-refractivity contribution >= 4 is 38.1 Å². The van der Waals surface area contributed by atoms with Gasteiger partial charge in [-0.15, -0.1) is 16.4 Å². The summed E-state index contributed by atoms with van der Waals surface area (Å²) >= 11 is 1.29. The average molecular weight is 520 g/mol. The molecule has 0 atom stereocenters. The van der Waals surface area contributed by atoms with Crippen molar-refractivity contribution in [3.63, 3.8) is 0 Å². The van der Waals surface area contributed by atoms with Gasteiger partial charge < -0.3 is 19.2 Å². The molecule has 35 heavy (non-hydrogen) atoms. The van der Waals surface area contributed by atoms with Gasteiger partial charge in [-0.1, -0.05) is 11.5 Å². The lowest BCUT2D eigenvalue weighted by Crippen LogP contribution is -2.24. The number of nitrogens with zero attached hydrogens (tertiary/aromatic N) is 2. The van der Waals surface area contributed by atoms with Crippen LogP contribution in [0.25, 0.3) is 11.5 Å². The van der Waals surface area contributed by atoms with Crippen LogP contribution in [-0.4, -0.2) is 50.0 Å². The molecule has 4 rings (SSSR count). The number of fused-ring (bicyclic) bond motifs is 1. The Kier molecular flexibility index (Phi) is 7.51. The maximum absolute atomic E-state index is 12.8. The van der Waals surface area contributed by atoms with E-state index in [0.717, 1.165) is 36.1 Å². The Bertz CT molecular complexity index is 1330. The fourth-order valence-electron chi connectivity index (χ4n) is 3.86. The highest BCUT2D eigenvalue weighted by molar-refractivity contribution is 7.91. The first-order valence-corrected chi connectivity index (χ1v) is 13.6. The molecule has 1 N–H and O–H groups in total. The summed E-state index contributed by atoms with van der Waals surface area (Å²) in [6, 6.07) is 6.73. The molecular formula is C23H25N3O7S2. The number of amides is 1. The van der Waals surface area contributed by atoms with E-state index >= 15 is 0 Å². The van der Waals surface area contributed by atoms with Crippen molar-refractivity contribution in [2.24, 2.45) is 0 Å². The zero-order valence-corrected chi connectivity index (χ0v) is 21.0. The number of nitrogens with one attached hydrogen (secondary N) is 1. The number of anilines is 1. The summed E-state index contributed by atoms with van der Waals surface area (Å²) < 4.78 is 41.2. The van der Waals surface area contributed by atoms with Crippen molar-refractivity contribution in [2.45, 2.75) is 44.3 Å². The number of aryl methyl sites for hydroxylation is 1. The summed E-state index contributed by atoms with van der Waals surface area (Å²) in [6.45, 7) is 2.38. The van der Waals surface area contributed by atoms with Crippen LogP contribution in [-0.2, 0) is 32.2 Å². The van der Waals surface area contributed by atoms with E-state index in [4.69, 9.17) is 13.9 Å². The van der Waals surface area contributed by atoms with Crippen LogP contribution in [0.2, 0.25) is 0 Å². The molecule has 0 saturated carbocycles. The Labute approximate surface area is 206 Å². The van der Waals surface area contributed by atoms with Crippen molar-refractivity contribution in [3.05, 3.63) is 40.3 Å². The molecule has 2 heterocycles. The molecule has 0 bridgehead atoms. The predicted molar refractivity (Wildman–Crippen MR) is 129 cm³/mol. The quantitative estimate of drug-likeness (QED) is 0.349. The first-order valence-electron chi connectivity index (χ1n) is 11.1. The Morgan fingerprint density at radius 3 is 2.57 bits per heavy atom. The van der Waals surface area contributed by atoms with E-state index in [-0.39, 0.29) is 5.89 Å². The molecule has 10 nitrogen and oxygen atoms in total. The van der Waals surface area contributed by atoms with Crippen molar-refractivity contribution < 1.29 is 31.9 Å². The van der Waals surface area contributed by atoms with Gasteiger partial charge >= 0.3 is 11.2 Å². The third kappa shape index (κ3) is 5.54. The lowest BCUT2D eigenvalue weighted by molar-refractivity contribution is -0.113. The number of thiophene rings is 1. The molecule has 0 aliphatic heterocycles. The number of hydrogen-bond donors (Lipinski definition) is 1. The standard InChI is InChI=1S/C23H25N3O7S2/c1-3-32-15-11-9-14(10-12-15)20-25-26-23(33-20)35(29,30)13-18(27)24-21-19(22(28)31-2)16-7-5-4-6-8-17(16)34-21/h9-12H,3-8,13H2,1-2H3,(H,24,27). The van der Waals surface area contributed by atoms with Crippen LogP contribution >= 0.6 is 11.3 Å². The minimum atomic E-state index is -4.22. The number of sulfone groups is 1. The van der Waals surface area contributed by atoms with Gasteiger partial charge in [0.05, 0.1) is 19.3 Å². The highest BCUT2D eigenvalue weighted by Gasteiger charge is 2.30. The van der Waals surface area contributed by atoms with Gasteiger partial charge in [-0.05, 0) is 62.4 Å². The van der Waals surface area contributed by atoms with Crippen LogP contribution in [0.1, 0.15) is 47.0 Å². The van der Waals surface area contributed by atoms with Crippen LogP contribution < -0.4 is 10.1 Å². The zero-order chi connectivity index (χ0) is 25.0. The SMILES string of the molecule is CCOc1ccc(-c2nnc(S(=O)(=O)CC(=O)Nc3sc4c(c3C(=O)OC)CCCCC4)o2)cc1. The molecule has 0 spiro atoms. The van der Waals surface area contributed by atoms with Gasteiger partial charge in [0.15, 0.2) is 0 Å². The molecule has 186 valence electrons. The number of carbonyl (C=O) groups is 2. The van der Waals surface area contributed by atoms with E-state index < -0.39 is 32.7 Å². The molecule has 0 unspecified atom stereocenters. The second-order valence-electron chi connectivity index (χ2n) is 7.90. The van der Waals surface area contributed by atoms with Crippen LogP contribution in [0, 0.1) is 0 Å². The Balaban J connectivity index is 1.50. The molecular weight excluding hydrogens is 494 g/mol. The number of carbonyl (C=O) groups excluding carboxylic acids is 2. The van der Waals surface area contributed by atoms with Gasteiger partial charge in [0.2, 0.25) is 21.6 Å². The summed E-state index contributed by atoms with van der Waals surface area (Å²) in [6.07, 6.45) is 4.49. The lowest BCUT2D eigenvalue weighted by atomic mass is 10.1. The number of methoxy groups -OCH3 is 1. The molecule has 1 aromatic carbocycles. The first-order chi connectivity index (χ1) is 16.8. The third-order valence-corrected chi connectivity index (χ3v) is 8.02. The van der Waals surface area contributed by atoms with Gasteiger partial charge in [0.25, 0.3) is 0 Å². The highest BCUT2D eigenvalue weighted by Crippen LogP contribution is 2.38. The second kappa shape index (κ2) is 10.6. The van der Waals surface area contributed by atoms with Gasteiger partial charge in [-0.3, -0.25) is 4.79 Å². The Hall–Kier alpha value is -3.25. The minimum Gasteiger partial charge on any atom is -0.494 e. The number of benzene rings is 1. The molecule has 0 radical (unpaired) electrons. The van der Waals surface area contributed by atoms with Gasteiger partial charge in [-0.2, -0.15) is 0 Å². The summed E-state index contributed by atoms with van der Waals surface area (Å²) in [4.78, 5) is 26.1. The molecule has 12 heteroatoms. The predicted octanol–water partition coefficient (Wildman–Crippen LogP) is 3.66. The number of hydrogen-bond acceptors (Lipinski definition) is 10. The lowest BCUT2D eigenvalue weighted by Gasteiger charge is -2.07. The summed E-state index contributed by atoms with van der Waals surface area (Å²) in [5.41, 5.74) is 1.68. The number of rotatable bonds is 8. The molecule has 3 aromatic rings. The van der Waals surface area contributed by atoms with Crippen molar-refractivity contribution in [1.82, 2.24) is 10.2 Å². The maximum Gasteiger partial charge on any atom is 0.341 e. The van der Waals surface area contributed by atoms with Crippen LogP contribution in [0.5, 0.6) is 5.75 Å². The first kappa shape index (κ1) is 24.9. The maximum atomic E-state index is 12.8. The van der Waals surface area contributed by atoms with E-state index in [1.807, 2.05) is 6.92 Å². The topological polar surface area (TPSA) is 138 Å². The summed E-state index contributed by atoms with van der Waals surface area (Å²) in [5, 5.41) is 9.63. The third-order valence-electron chi connectivity index (χ3n) is 5.47. The van der Waals surface area contributed by atoms with Crippen molar-refractivity contribution in [2.75, 3.05) is 24.8 Å². The van der Waals surface area contributed by atoms with Gasteiger partial charge in [0.1, 0.15) is 16.5 Å². The molecule has 1 aliphatic rings. The van der Waals surface area contributed by atoms with E-state index in [9.17, 15) is 18.0 Å². The number of ether oxygens (including phenoxy) is 2. The van der Waals surface area contributed by atoms with Gasteiger partial charge in [0, 0.05) is 10.4 Å². The Morgan fingerprint density at radius 1 is 1.11 bits per heavy atom. The van der Waals surface area contributed by atoms with E-state index in [2.05, 4.69) is 15.5 Å². The fraction of sp³-hybridized carbons (Fsp3) is 0.391. The normalized spacial score (nSPS) is 13.5. The average Bonchev–Trinajstić information content (AvgIpc) is 3.39. The fourth-order valence-corrected chi connectivity index (χ4v) is 6.06. The monoisotopic (exact) mass is 519 g/mol. The van der Waals surface area contributed by atoms with E-state index in [0.29, 0.717) is 34.9 Å².